The molecule has 0 amide bonds. The lowest BCUT2D eigenvalue weighted by Gasteiger charge is -2.19. The molecule has 2 aliphatic heterocycles. The molecule has 3 N–H and O–H groups in total. The van der Waals surface area contributed by atoms with Gasteiger partial charge in [-0.3, -0.25) is 0 Å². The van der Waals surface area contributed by atoms with Gasteiger partial charge in [0, 0.05) is 0 Å². The van der Waals surface area contributed by atoms with Crippen molar-refractivity contribution in [2.45, 2.75) is 43.8 Å². The summed E-state index contributed by atoms with van der Waals surface area (Å²) in [5.74, 6) is -0.748. The SMILES string of the molecule is CC1(C)O[C@@H]2[C@@H](O)C[C@@H](N)[P@]2O1. The van der Waals surface area contributed by atoms with E-state index in [1.54, 1.807) is 0 Å². The van der Waals surface area contributed by atoms with E-state index in [1.807, 2.05) is 13.8 Å². The summed E-state index contributed by atoms with van der Waals surface area (Å²) in [4.78, 5) is 0. The van der Waals surface area contributed by atoms with Crippen molar-refractivity contribution >= 4 is 8.15 Å². The Kier molecular flexibility index (Phi) is 1.94. The van der Waals surface area contributed by atoms with Gasteiger partial charge in [-0.15, -0.1) is 0 Å². The summed E-state index contributed by atoms with van der Waals surface area (Å²) in [5.41, 5.74) is 5.80. The van der Waals surface area contributed by atoms with Gasteiger partial charge in [0.25, 0.3) is 0 Å². The molecule has 4 nitrogen and oxygen atoms in total. The Morgan fingerprint density at radius 1 is 1.58 bits per heavy atom. The van der Waals surface area contributed by atoms with E-state index in [0.29, 0.717) is 6.42 Å². The van der Waals surface area contributed by atoms with Crippen LogP contribution in [0.5, 0.6) is 0 Å². The standard InChI is InChI=1S/C7H14NO3P/c1-7(2)10-6-4(9)3-5(8)12(6)11-7/h4-6,9H,3,8H2,1-2H3/t4-,5-,6-,12-/m0/s1. The van der Waals surface area contributed by atoms with Crippen molar-refractivity contribution in [1.82, 2.24) is 0 Å². The summed E-state index contributed by atoms with van der Waals surface area (Å²) < 4.78 is 11.1. The largest absolute Gasteiger partial charge is 0.390 e. The maximum atomic E-state index is 9.53. The minimum atomic E-state index is -0.776. The fourth-order valence-electron chi connectivity index (χ4n) is 1.64. The topological polar surface area (TPSA) is 64.7 Å². The lowest BCUT2D eigenvalue weighted by atomic mass is 10.2. The summed E-state index contributed by atoms with van der Waals surface area (Å²) in [5, 5.41) is 9.53. The van der Waals surface area contributed by atoms with Crippen LogP contribution in [0, 0.1) is 0 Å². The Morgan fingerprint density at radius 2 is 2.25 bits per heavy atom. The van der Waals surface area contributed by atoms with Crippen LogP contribution in [0.1, 0.15) is 20.3 Å². The second-order valence-corrected chi connectivity index (χ2v) is 5.80. The smallest absolute Gasteiger partial charge is 0.167 e. The molecule has 0 radical (unpaired) electrons. The minimum Gasteiger partial charge on any atom is -0.390 e. The third-order valence-electron chi connectivity index (χ3n) is 2.12. The van der Waals surface area contributed by atoms with Gasteiger partial charge in [-0.05, 0) is 20.3 Å². The van der Waals surface area contributed by atoms with Crippen molar-refractivity contribution in [3.05, 3.63) is 0 Å². The van der Waals surface area contributed by atoms with Crippen molar-refractivity contribution in [1.29, 1.82) is 0 Å². The van der Waals surface area contributed by atoms with Crippen LogP contribution in [0.3, 0.4) is 0 Å². The molecule has 0 aromatic heterocycles. The lowest BCUT2D eigenvalue weighted by molar-refractivity contribution is -0.147. The molecule has 0 aliphatic carbocycles. The first-order valence-electron chi connectivity index (χ1n) is 4.08. The highest BCUT2D eigenvalue weighted by atomic mass is 31.1. The van der Waals surface area contributed by atoms with E-state index in [1.165, 1.54) is 0 Å². The molecular formula is C7H14NO3P. The molecule has 0 saturated carbocycles. The molecule has 70 valence electrons. The Hall–Kier alpha value is 0.270. The van der Waals surface area contributed by atoms with E-state index in [0.717, 1.165) is 0 Å². The molecular weight excluding hydrogens is 177 g/mol. The Morgan fingerprint density at radius 3 is 2.83 bits per heavy atom. The van der Waals surface area contributed by atoms with Crippen molar-refractivity contribution in [3.8, 4) is 0 Å². The predicted molar refractivity (Wildman–Crippen MR) is 45.6 cm³/mol. The number of fused-ring (bicyclic) bond motifs is 1. The van der Waals surface area contributed by atoms with Gasteiger partial charge < -0.3 is 20.1 Å². The molecule has 0 bridgehead atoms. The number of hydrogen-bond acceptors (Lipinski definition) is 4. The molecule has 4 atom stereocenters. The van der Waals surface area contributed by atoms with Gasteiger partial charge in [0.15, 0.2) is 5.79 Å². The van der Waals surface area contributed by atoms with Gasteiger partial charge in [0.1, 0.15) is 5.85 Å². The van der Waals surface area contributed by atoms with Gasteiger partial charge in [0.05, 0.1) is 20.0 Å². The van der Waals surface area contributed by atoms with Crippen LogP contribution in [0.4, 0.5) is 0 Å². The maximum absolute atomic E-state index is 9.53. The van der Waals surface area contributed by atoms with Crippen LogP contribution in [0.15, 0.2) is 0 Å². The Bertz CT molecular complexity index is 181. The first kappa shape index (κ1) is 8.85. The van der Waals surface area contributed by atoms with Crippen LogP contribution in [0.25, 0.3) is 0 Å². The fourth-order valence-corrected chi connectivity index (χ4v) is 4.05. The first-order chi connectivity index (χ1) is 5.49. The molecule has 2 saturated heterocycles. The van der Waals surface area contributed by atoms with E-state index in [-0.39, 0.29) is 11.6 Å². The van der Waals surface area contributed by atoms with Crippen molar-refractivity contribution in [2.75, 3.05) is 0 Å². The molecule has 0 unspecified atom stereocenters. The number of hydrogen-bond donors (Lipinski definition) is 2. The summed E-state index contributed by atoms with van der Waals surface area (Å²) in [7, 11) is -0.776. The zero-order valence-corrected chi connectivity index (χ0v) is 8.12. The van der Waals surface area contributed by atoms with E-state index in [9.17, 15) is 5.11 Å². The summed E-state index contributed by atoms with van der Waals surface area (Å²) in [6.07, 6.45) is 0.166. The third kappa shape index (κ3) is 1.28. The van der Waals surface area contributed by atoms with E-state index in [4.69, 9.17) is 15.0 Å². The average Bonchev–Trinajstić information content (AvgIpc) is 2.34. The third-order valence-corrected chi connectivity index (χ3v) is 4.59. The molecule has 2 fully saturated rings. The molecule has 0 spiro atoms. The minimum absolute atomic E-state index is 0.0261. The maximum Gasteiger partial charge on any atom is 0.167 e. The van der Waals surface area contributed by atoms with Crippen LogP contribution in [-0.4, -0.2) is 28.6 Å². The van der Waals surface area contributed by atoms with Crippen molar-refractivity contribution < 1.29 is 14.4 Å². The Labute approximate surface area is 72.9 Å². The summed E-state index contributed by atoms with van der Waals surface area (Å²) in [6, 6.07) is 0. The molecule has 5 heteroatoms. The van der Waals surface area contributed by atoms with Crippen LogP contribution in [0.2, 0.25) is 0 Å². The predicted octanol–water partition coefficient (Wildman–Crippen LogP) is 0.542. The van der Waals surface area contributed by atoms with Crippen LogP contribution in [-0.2, 0) is 9.26 Å². The number of aliphatic hydroxyl groups is 1. The highest BCUT2D eigenvalue weighted by Crippen LogP contribution is 2.62. The first-order valence-corrected chi connectivity index (χ1v) is 5.48. The second-order valence-electron chi connectivity index (χ2n) is 3.73. The van der Waals surface area contributed by atoms with Gasteiger partial charge in [-0.2, -0.15) is 0 Å². The number of ether oxygens (including phenoxy) is 1. The molecule has 2 aliphatic rings. The van der Waals surface area contributed by atoms with E-state index in [2.05, 4.69) is 0 Å². The number of aliphatic hydroxyl groups excluding tert-OH is 1. The molecule has 0 aromatic carbocycles. The van der Waals surface area contributed by atoms with Crippen molar-refractivity contribution in [3.63, 3.8) is 0 Å². The zero-order chi connectivity index (χ0) is 8.93. The summed E-state index contributed by atoms with van der Waals surface area (Å²) in [6.45, 7) is 3.71. The molecule has 2 heterocycles. The van der Waals surface area contributed by atoms with E-state index >= 15 is 0 Å². The second kappa shape index (κ2) is 2.63. The summed E-state index contributed by atoms with van der Waals surface area (Å²) >= 11 is 0. The monoisotopic (exact) mass is 191 g/mol. The fraction of sp³-hybridized carbons (Fsp3) is 1.00. The normalized spacial score (nSPS) is 51.0. The van der Waals surface area contributed by atoms with Gasteiger partial charge in [-0.1, -0.05) is 0 Å². The van der Waals surface area contributed by atoms with Gasteiger partial charge in [-0.25, -0.2) is 0 Å². The zero-order valence-electron chi connectivity index (χ0n) is 7.23. The number of nitrogens with two attached hydrogens (primary N) is 1. The van der Waals surface area contributed by atoms with E-state index < -0.39 is 20.0 Å². The lowest BCUT2D eigenvalue weighted by Crippen LogP contribution is -2.28. The van der Waals surface area contributed by atoms with Gasteiger partial charge >= 0.3 is 0 Å². The molecule has 12 heavy (non-hydrogen) atoms. The van der Waals surface area contributed by atoms with Crippen LogP contribution < -0.4 is 5.73 Å². The Balaban J connectivity index is 2.15. The molecule has 2 rings (SSSR count). The highest BCUT2D eigenvalue weighted by Gasteiger charge is 2.52. The van der Waals surface area contributed by atoms with Gasteiger partial charge in [0.2, 0.25) is 0 Å². The van der Waals surface area contributed by atoms with Crippen LogP contribution >= 0.6 is 8.15 Å². The molecule has 0 aromatic rings. The average molecular weight is 191 g/mol. The number of rotatable bonds is 0. The van der Waals surface area contributed by atoms with Crippen molar-refractivity contribution in [2.24, 2.45) is 5.73 Å². The quantitative estimate of drug-likeness (QED) is 0.548. The highest BCUT2D eigenvalue weighted by molar-refractivity contribution is 7.54.